The maximum absolute atomic E-state index is 5.18. The number of allylic oxidation sites excluding steroid dienone is 4. The van der Waals surface area contributed by atoms with Crippen LogP contribution in [0, 0.1) is 5.92 Å². The van der Waals surface area contributed by atoms with E-state index >= 15 is 0 Å². The summed E-state index contributed by atoms with van der Waals surface area (Å²) in [6.07, 6.45) is 14.0. The zero-order valence-corrected chi connectivity index (χ0v) is 30.6. The van der Waals surface area contributed by atoms with E-state index in [2.05, 4.69) is 175 Å². The van der Waals surface area contributed by atoms with Crippen LogP contribution in [0.15, 0.2) is 200 Å². The number of fused-ring (bicyclic) bond motifs is 7. The molecule has 2 unspecified atom stereocenters. The van der Waals surface area contributed by atoms with Crippen LogP contribution in [-0.2, 0) is 5.41 Å². The molecule has 11 rings (SSSR count). The Balaban J connectivity index is 1.17. The molecule has 0 amide bonds. The molecule has 264 valence electrons. The molecule has 2 aliphatic carbocycles. The lowest BCUT2D eigenvalue weighted by atomic mass is 9.62. The van der Waals surface area contributed by atoms with Crippen molar-refractivity contribution in [3.05, 3.63) is 217 Å². The van der Waals surface area contributed by atoms with Gasteiger partial charge in [-0.2, -0.15) is 0 Å². The Morgan fingerprint density at radius 3 is 2.12 bits per heavy atom. The van der Waals surface area contributed by atoms with Crippen molar-refractivity contribution < 1.29 is 0 Å². The van der Waals surface area contributed by atoms with Crippen LogP contribution >= 0.6 is 0 Å². The molecule has 56 heavy (non-hydrogen) atoms. The van der Waals surface area contributed by atoms with Crippen LogP contribution in [0.4, 0.5) is 0 Å². The third-order valence-corrected chi connectivity index (χ3v) is 11.8. The molecule has 3 aromatic heterocycles. The van der Waals surface area contributed by atoms with Gasteiger partial charge in [0.05, 0.1) is 27.8 Å². The van der Waals surface area contributed by atoms with Gasteiger partial charge >= 0.3 is 0 Å². The van der Waals surface area contributed by atoms with E-state index in [1.165, 1.54) is 49.6 Å². The van der Waals surface area contributed by atoms with Crippen molar-refractivity contribution >= 4 is 21.8 Å². The van der Waals surface area contributed by atoms with E-state index in [9.17, 15) is 0 Å². The Morgan fingerprint density at radius 2 is 1.32 bits per heavy atom. The second-order valence-electron chi connectivity index (χ2n) is 14.7. The molecule has 4 nitrogen and oxygen atoms in total. The number of pyridine rings is 1. The normalized spacial score (nSPS) is 17.0. The fraction of sp³-hybridized carbons (Fsp3) is 0.0577. The molecule has 0 N–H and O–H groups in total. The van der Waals surface area contributed by atoms with Gasteiger partial charge in [0, 0.05) is 45.5 Å². The van der Waals surface area contributed by atoms with Crippen molar-refractivity contribution in [1.82, 2.24) is 19.5 Å². The van der Waals surface area contributed by atoms with Gasteiger partial charge in [-0.1, -0.05) is 152 Å². The fourth-order valence-corrected chi connectivity index (χ4v) is 9.44. The highest BCUT2D eigenvalue weighted by Gasteiger charge is 2.50. The largest absolute Gasteiger partial charge is 0.309 e. The summed E-state index contributed by atoms with van der Waals surface area (Å²) in [5, 5.41) is 2.52. The van der Waals surface area contributed by atoms with Gasteiger partial charge in [0.25, 0.3) is 0 Å². The van der Waals surface area contributed by atoms with E-state index < -0.39 is 5.41 Å². The van der Waals surface area contributed by atoms with Crippen molar-refractivity contribution in [2.24, 2.45) is 5.92 Å². The van der Waals surface area contributed by atoms with Gasteiger partial charge in [-0.25, -0.2) is 9.97 Å². The molecule has 3 heterocycles. The van der Waals surface area contributed by atoms with Crippen LogP contribution in [0.25, 0.3) is 72.5 Å². The average Bonchev–Trinajstić information content (AvgIpc) is 3.78. The van der Waals surface area contributed by atoms with E-state index in [1.807, 2.05) is 30.5 Å². The summed E-state index contributed by atoms with van der Waals surface area (Å²) in [6.45, 7) is 0. The molecule has 0 aliphatic heterocycles. The SMILES string of the molecule is C1=CCC(C2(c3cccnc3)c3ccccc3-c3ccc4c(c32)c2ccccc2n4-c2cccc(-c3cc(-c4ccccc4)nc(-c4ccccc4)n3)c2)C=C1. The first-order chi connectivity index (χ1) is 27.8. The highest BCUT2D eigenvalue weighted by Crippen LogP contribution is 2.60. The molecule has 4 heteroatoms. The summed E-state index contributed by atoms with van der Waals surface area (Å²) < 4.78 is 2.44. The summed E-state index contributed by atoms with van der Waals surface area (Å²) in [5.41, 5.74) is 14.3. The molecule has 0 saturated heterocycles. The van der Waals surface area contributed by atoms with Crippen LogP contribution in [-0.4, -0.2) is 19.5 Å². The summed E-state index contributed by atoms with van der Waals surface area (Å²) in [7, 11) is 0. The van der Waals surface area contributed by atoms with Crippen molar-refractivity contribution in [1.29, 1.82) is 0 Å². The quantitative estimate of drug-likeness (QED) is 0.172. The number of rotatable bonds is 6. The molecule has 0 bridgehead atoms. The minimum atomic E-state index is -0.444. The number of hydrogen-bond donors (Lipinski definition) is 0. The molecular weight excluding hydrogens is 681 g/mol. The Bertz CT molecular complexity index is 2940. The number of nitrogens with zero attached hydrogens (tertiary/aromatic N) is 4. The molecule has 2 aliphatic rings. The van der Waals surface area contributed by atoms with Gasteiger partial charge in [0.2, 0.25) is 0 Å². The second-order valence-corrected chi connectivity index (χ2v) is 14.7. The Morgan fingerprint density at radius 1 is 0.571 bits per heavy atom. The van der Waals surface area contributed by atoms with Gasteiger partial charge in [0.1, 0.15) is 0 Å². The second kappa shape index (κ2) is 13.0. The smallest absolute Gasteiger partial charge is 0.160 e. The van der Waals surface area contributed by atoms with Crippen LogP contribution in [0.2, 0.25) is 0 Å². The van der Waals surface area contributed by atoms with Gasteiger partial charge in [-0.05, 0) is 76.6 Å². The predicted octanol–water partition coefficient (Wildman–Crippen LogP) is 12.4. The molecule has 6 aromatic carbocycles. The summed E-state index contributed by atoms with van der Waals surface area (Å²) in [4.78, 5) is 15.0. The van der Waals surface area contributed by atoms with Crippen molar-refractivity contribution in [3.8, 4) is 50.7 Å². The number of hydrogen-bond acceptors (Lipinski definition) is 3. The topological polar surface area (TPSA) is 43.6 Å². The van der Waals surface area contributed by atoms with E-state index in [-0.39, 0.29) is 5.92 Å². The monoisotopic (exact) mass is 716 g/mol. The molecule has 0 radical (unpaired) electrons. The summed E-state index contributed by atoms with van der Waals surface area (Å²) >= 11 is 0. The zero-order valence-electron chi connectivity index (χ0n) is 30.6. The highest BCUT2D eigenvalue weighted by atomic mass is 15.0. The molecule has 2 atom stereocenters. The standard InChI is InChI=1S/C52H36N4/c1-4-16-35(17-5-1)45-33-46(55-51(54-45)36-18-6-2-7-19-36)37-20-14-24-40(32-37)56-47-28-13-11-26-43(47)49-48(56)30-29-42-41-25-10-12-27-44(41)52(50(42)49,38-21-8-3-9-22-38)39-23-15-31-53-34-39/h1-21,23-34,38H,22H2. The van der Waals surface area contributed by atoms with Gasteiger partial charge < -0.3 is 4.57 Å². The van der Waals surface area contributed by atoms with Crippen molar-refractivity contribution in [3.63, 3.8) is 0 Å². The van der Waals surface area contributed by atoms with Gasteiger partial charge in [0.15, 0.2) is 5.82 Å². The Labute approximate surface area is 325 Å². The number of aromatic nitrogens is 4. The van der Waals surface area contributed by atoms with E-state index in [0.717, 1.165) is 40.2 Å². The lowest BCUT2D eigenvalue weighted by Gasteiger charge is -2.39. The number of para-hydroxylation sites is 1. The summed E-state index contributed by atoms with van der Waals surface area (Å²) in [5.74, 6) is 0.906. The van der Waals surface area contributed by atoms with Crippen LogP contribution in [0.1, 0.15) is 23.1 Å². The maximum Gasteiger partial charge on any atom is 0.160 e. The minimum absolute atomic E-state index is 0.200. The molecule has 9 aromatic rings. The Kier molecular flexibility index (Phi) is 7.49. The zero-order chi connectivity index (χ0) is 37.1. The molecule has 0 spiro atoms. The van der Waals surface area contributed by atoms with E-state index in [0.29, 0.717) is 5.82 Å². The Hall–Kier alpha value is -7.17. The third kappa shape index (κ3) is 4.89. The first-order valence-corrected chi connectivity index (χ1v) is 19.3. The van der Waals surface area contributed by atoms with Crippen LogP contribution in [0.3, 0.4) is 0 Å². The van der Waals surface area contributed by atoms with E-state index in [1.54, 1.807) is 0 Å². The highest BCUT2D eigenvalue weighted by molar-refractivity contribution is 6.15. The van der Waals surface area contributed by atoms with Crippen molar-refractivity contribution in [2.75, 3.05) is 0 Å². The lowest BCUT2D eigenvalue weighted by Crippen LogP contribution is -2.35. The van der Waals surface area contributed by atoms with Gasteiger partial charge in [-0.3, -0.25) is 4.98 Å². The summed E-state index contributed by atoms with van der Waals surface area (Å²) in [6, 6.07) is 58.5. The lowest BCUT2D eigenvalue weighted by molar-refractivity contribution is 0.459. The molecular formula is C52H36N4. The molecule has 0 fully saturated rings. The van der Waals surface area contributed by atoms with E-state index in [4.69, 9.17) is 15.0 Å². The van der Waals surface area contributed by atoms with Crippen LogP contribution in [0.5, 0.6) is 0 Å². The van der Waals surface area contributed by atoms with Crippen LogP contribution < -0.4 is 0 Å². The first kappa shape index (κ1) is 32.3. The van der Waals surface area contributed by atoms with Gasteiger partial charge in [-0.15, -0.1) is 0 Å². The molecule has 0 saturated carbocycles. The average molecular weight is 717 g/mol. The number of benzene rings is 6. The fourth-order valence-electron chi connectivity index (χ4n) is 9.44. The first-order valence-electron chi connectivity index (χ1n) is 19.3. The third-order valence-electron chi connectivity index (χ3n) is 11.8. The van der Waals surface area contributed by atoms with Crippen molar-refractivity contribution in [2.45, 2.75) is 11.8 Å². The minimum Gasteiger partial charge on any atom is -0.309 e. The maximum atomic E-state index is 5.18. The predicted molar refractivity (Wildman–Crippen MR) is 229 cm³/mol.